The first kappa shape index (κ1) is 20.3. The Morgan fingerprint density at radius 2 is 2.00 bits per heavy atom. The van der Waals surface area contributed by atoms with Crippen LogP contribution in [0.3, 0.4) is 0 Å². The third-order valence-corrected chi connectivity index (χ3v) is 6.54. The average molecular weight is 390 g/mol. The number of aromatic nitrogens is 1. The molecule has 0 saturated carbocycles. The summed E-state index contributed by atoms with van der Waals surface area (Å²) < 4.78 is 5.45. The lowest BCUT2D eigenvalue weighted by molar-refractivity contribution is 0.0503. The summed E-state index contributed by atoms with van der Waals surface area (Å²) in [6, 6.07) is 4.63. The van der Waals surface area contributed by atoms with E-state index < -0.39 is 0 Å². The summed E-state index contributed by atoms with van der Waals surface area (Å²) in [5.74, 6) is 0.952. The molecule has 0 amide bonds. The lowest BCUT2D eigenvalue weighted by Crippen LogP contribution is -2.52. The lowest BCUT2D eigenvalue weighted by atomic mass is 10.00. The molecule has 0 unspecified atom stereocenters. The van der Waals surface area contributed by atoms with Gasteiger partial charge < -0.3 is 9.84 Å². The molecule has 2 heterocycles. The van der Waals surface area contributed by atoms with Crippen molar-refractivity contribution in [2.75, 3.05) is 33.4 Å². The van der Waals surface area contributed by atoms with Crippen molar-refractivity contribution in [3.63, 3.8) is 0 Å². The van der Waals surface area contributed by atoms with Gasteiger partial charge in [0.25, 0.3) is 0 Å². The maximum absolute atomic E-state index is 9.58. The van der Waals surface area contributed by atoms with Gasteiger partial charge in [0.15, 0.2) is 0 Å². The Balaban J connectivity index is 1.68. The van der Waals surface area contributed by atoms with Gasteiger partial charge in [-0.05, 0) is 49.9 Å². The predicted octanol–water partition coefficient (Wildman–Crippen LogP) is 3.15. The zero-order valence-corrected chi connectivity index (χ0v) is 17.7. The van der Waals surface area contributed by atoms with Crippen molar-refractivity contribution < 1.29 is 9.84 Å². The molecular formula is C21H31N3O2S. The van der Waals surface area contributed by atoms with E-state index in [0.29, 0.717) is 6.04 Å². The van der Waals surface area contributed by atoms with Crippen molar-refractivity contribution in [1.82, 2.24) is 14.8 Å². The number of methoxy groups -OCH3 is 1. The van der Waals surface area contributed by atoms with Gasteiger partial charge in [-0.1, -0.05) is 6.07 Å². The number of aryl methyl sites for hydroxylation is 1. The Kier molecular flexibility index (Phi) is 6.87. The third-order valence-electron chi connectivity index (χ3n) is 5.64. The van der Waals surface area contributed by atoms with E-state index in [0.717, 1.165) is 49.9 Å². The van der Waals surface area contributed by atoms with Crippen LogP contribution in [0.25, 0.3) is 0 Å². The number of nitrogens with zero attached hydrogens (tertiary/aromatic N) is 3. The molecule has 0 spiro atoms. The van der Waals surface area contributed by atoms with Crippen LogP contribution in [0.4, 0.5) is 0 Å². The smallest absolute Gasteiger partial charge is 0.122 e. The number of ether oxygens (including phenoxy) is 1. The zero-order valence-electron chi connectivity index (χ0n) is 16.9. The minimum atomic E-state index is 0.231. The third kappa shape index (κ3) is 4.88. The van der Waals surface area contributed by atoms with Crippen LogP contribution < -0.4 is 4.74 Å². The number of benzene rings is 1. The van der Waals surface area contributed by atoms with E-state index >= 15 is 0 Å². The topological polar surface area (TPSA) is 48.8 Å². The number of hydrogen-bond acceptors (Lipinski definition) is 6. The van der Waals surface area contributed by atoms with E-state index in [2.05, 4.69) is 47.7 Å². The molecule has 1 N–H and O–H groups in total. The van der Waals surface area contributed by atoms with Crippen LogP contribution in [0.2, 0.25) is 0 Å². The Bertz CT molecular complexity index is 762. The van der Waals surface area contributed by atoms with Gasteiger partial charge in [0.1, 0.15) is 5.75 Å². The Labute approximate surface area is 166 Å². The first-order valence-electron chi connectivity index (χ1n) is 9.63. The highest BCUT2D eigenvalue weighted by atomic mass is 32.1. The van der Waals surface area contributed by atoms with Gasteiger partial charge in [-0.2, -0.15) is 0 Å². The van der Waals surface area contributed by atoms with Crippen molar-refractivity contribution in [3.05, 3.63) is 44.9 Å². The van der Waals surface area contributed by atoms with Gasteiger partial charge in [0.2, 0.25) is 0 Å². The number of rotatable bonds is 7. The summed E-state index contributed by atoms with van der Waals surface area (Å²) in [5.41, 5.74) is 3.87. The predicted molar refractivity (Wildman–Crippen MR) is 110 cm³/mol. The van der Waals surface area contributed by atoms with Gasteiger partial charge in [-0.3, -0.25) is 9.80 Å². The van der Waals surface area contributed by atoms with Crippen LogP contribution in [0.5, 0.6) is 5.75 Å². The summed E-state index contributed by atoms with van der Waals surface area (Å²) in [6.45, 7) is 11.5. The first-order valence-corrected chi connectivity index (χ1v) is 10.4. The van der Waals surface area contributed by atoms with Crippen molar-refractivity contribution in [2.45, 2.75) is 46.3 Å². The lowest BCUT2D eigenvalue weighted by Gasteiger charge is -2.41. The van der Waals surface area contributed by atoms with Gasteiger partial charge in [0.05, 0.1) is 12.1 Å². The second kappa shape index (κ2) is 9.15. The molecule has 1 fully saturated rings. The molecule has 148 valence electrons. The number of thiazole rings is 1. The Hall–Kier alpha value is -1.47. The van der Waals surface area contributed by atoms with Crippen LogP contribution in [-0.4, -0.2) is 59.3 Å². The molecule has 1 atom stereocenters. The Morgan fingerprint density at radius 3 is 2.67 bits per heavy atom. The van der Waals surface area contributed by atoms with E-state index in [1.807, 2.05) is 6.20 Å². The summed E-state index contributed by atoms with van der Waals surface area (Å²) in [6.07, 6.45) is 2.81. The number of aliphatic hydroxyl groups is 1. The van der Waals surface area contributed by atoms with Crippen molar-refractivity contribution in [1.29, 1.82) is 0 Å². The maximum Gasteiger partial charge on any atom is 0.122 e. The minimum Gasteiger partial charge on any atom is -0.496 e. The second-order valence-corrected chi connectivity index (χ2v) is 8.71. The molecule has 1 saturated heterocycles. The minimum absolute atomic E-state index is 0.231. The highest BCUT2D eigenvalue weighted by Crippen LogP contribution is 2.27. The monoisotopic (exact) mass is 389 g/mol. The van der Waals surface area contributed by atoms with E-state index in [9.17, 15) is 5.11 Å². The molecule has 6 heteroatoms. The first-order chi connectivity index (χ1) is 13.0. The fourth-order valence-corrected chi connectivity index (χ4v) is 4.73. The summed E-state index contributed by atoms with van der Waals surface area (Å²) >= 11 is 1.78. The van der Waals surface area contributed by atoms with Crippen LogP contribution in [0.1, 0.15) is 33.0 Å². The van der Waals surface area contributed by atoms with Gasteiger partial charge in [-0.15, -0.1) is 11.3 Å². The van der Waals surface area contributed by atoms with Gasteiger partial charge in [-0.25, -0.2) is 4.98 Å². The normalized spacial score (nSPS) is 18.8. The zero-order chi connectivity index (χ0) is 19.4. The van der Waals surface area contributed by atoms with E-state index in [-0.39, 0.29) is 6.61 Å². The van der Waals surface area contributed by atoms with Crippen molar-refractivity contribution in [2.24, 2.45) is 0 Å². The molecule has 1 aromatic heterocycles. The molecule has 0 aliphatic carbocycles. The molecule has 1 aliphatic heterocycles. The number of hydrogen-bond donors (Lipinski definition) is 1. The quantitative estimate of drug-likeness (QED) is 0.788. The van der Waals surface area contributed by atoms with Gasteiger partial charge >= 0.3 is 0 Å². The van der Waals surface area contributed by atoms with Crippen LogP contribution in [0, 0.1) is 20.8 Å². The molecule has 27 heavy (non-hydrogen) atoms. The molecular weight excluding hydrogens is 358 g/mol. The highest BCUT2D eigenvalue weighted by Gasteiger charge is 2.27. The maximum atomic E-state index is 9.58. The summed E-state index contributed by atoms with van der Waals surface area (Å²) in [7, 11) is 1.72. The summed E-state index contributed by atoms with van der Waals surface area (Å²) in [4.78, 5) is 10.7. The van der Waals surface area contributed by atoms with Crippen LogP contribution >= 0.6 is 11.3 Å². The molecule has 0 bridgehead atoms. The largest absolute Gasteiger partial charge is 0.496 e. The average Bonchev–Trinajstić information content (AvgIpc) is 3.06. The van der Waals surface area contributed by atoms with Gasteiger partial charge in [0, 0.05) is 56.4 Å². The number of aliphatic hydroxyl groups excluding tert-OH is 1. The molecule has 1 aromatic carbocycles. The van der Waals surface area contributed by atoms with Crippen LogP contribution in [0.15, 0.2) is 18.3 Å². The fraction of sp³-hybridized carbons (Fsp3) is 0.571. The van der Waals surface area contributed by atoms with Crippen molar-refractivity contribution in [3.8, 4) is 5.75 Å². The SMILES string of the molecule is COc1ccc(CN2CCN(Cc3cnc(C)s3)C[C@@H]2CCO)c(C)c1C. The van der Waals surface area contributed by atoms with E-state index in [1.54, 1.807) is 18.4 Å². The standard InChI is InChI=1S/C21H31N3O2S/c1-15-16(2)21(26-4)6-5-18(15)12-24-9-8-23(13-19(24)7-10-25)14-20-11-22-17(3)27-20/h5-6,11,19,25H,7-10,12-14H2,1-4H3/t19-/m0/s1. The summed E-state index contributed by atoms with van der Waals surface area (Å²) in [5, 5.41) is 10.7. The molecule has 1 aliphatic rings. The fourth-order valence-electron chi connectivity index (χ4n) is 3.89. The number of piperazine rings is 1. The van der Waals surface area contributed by atoms with E-state index in [4.69, 9.17) is 4.74 Å². The Morgan fingerprint density at radius 1 is 1.19 bits per heavy atom. The highest BCUT2D eigenvalue weighted by molar-refractivity contribution is 7.11. The molecule has 5 nitrogen and oxygen atoms in total. The van der Waals surface area contributed by atoms with Crippen molar-refractivity contribution >= 4 is 11.3 Å². The molecule has 0 radical (unpaired) electrons. The molecule has 3 rings (SSSR count). The van der Waals surface area contributed by atoms with E-state index in [1.165, 1.54) is 21.6 Å². The molecule has 2 aromatic rings. The second-order valence-electron chi connectivity index (χ2n) is 7.39. The van der Waals surface area contributed by atoms with Crippen LogP contribution in [-0.2, 0) is 13.1 Å².